The number of guanidine groups is 1. The van der Waals surface area contributed by atoms with Crippen LogP contribution in [0.5, 0.6) is 0 Å². The van der Waals surface area contributed by atoms with Crippen LogP contribution in [-0.4, -0.2) is 95.6 Å². The molecule has 1 aromatic carbocycles. The SMILES string of the molecule is CCNC(=NCCCOCCOC)NCCCN1CCN(C)CC1c1ccccc1.I. The van der Waals surface area contributed by atoms with E-state index in [-0.39, 0.29) is 24.0 Å². The lowest BCUT2D eigenvalue weighted by molar-refractivity contribution is 0.0702. The largest absolute Gasteiger partial charge is 0.382 e. The summed E-state index contributed by atoms with van der Waals surface area (Å²) in [5, 5.41) is 6.81. The van der Waals surface area contributed by atoms with Crippen LogP contribution in [0.3, 0.4) is 0 Å². The maximum Gasteiger partial charge on any atom is 0.191 e. The van der Waals surface area contributed by atoms with Crippen molar-refractivity contribution < 1.29 is 9.47 Å². The highest BCUT2D eigenvalue weighted by atomic mass is 127. The molecule has 0 aliphatic carbocycles. The van der Waals surface area contributed by atoms with Gasteiger partial charge in [-0.2, -0.15) is 0 Å². The molecule has 1 aromatic rings. The molecular weight excluding hydrogens is 505 g/mol. The van der Waals surface area contributed by atoms with Gasteiger partial charge in [0, 0.05) is 65.6 Å². The molecule has 8 heteroatoms. The quantitative estimate of drug-likeness (QED) is 0.172. The minimum Gasteiger partial charge on any atom is -0.382 e. The van der Waals surface area contributed by atoms with Crippen molar-refractivity contribution in [1.29, 1.82) is 0 Å². The van der Waals surface area contributed by atoms with Crippen molar-refractivity contribution in [2.75, 3.05) is 79.8 Å². The Balaban J connectivity index is 0.00000480. The topological polar surface area (TPSA) is 61.4 Å². The molecule has 0 bridgehead atoms. The summed E-state index contributed by atoms with van der Waals surface area (Å²) in [5.41, 5.74) is 1.42. The minimum atomic E-state index is 0. The van der Waals surface area contributed by atoms with Crippen molar-refractivity contribution in [3.8, 4) is 0 Å². The molecule has 1 saturated heterocycles. The normalized spacial score (nSPS) is 17.9. The lowest BCUT2D eigenvalue weighted by Crippen LogP contribution is -2.47. The number of benzene rings is 1. The molecule has 1 atom stereocenters. The second-order valence-corrected chi connectivity index (χ2v) is 7.72. The molecule has 0 aromatic heterocycles. The highest BCUT2D eigenvalue weighted by molar-refractivity contribution is 14.0. The number of piperazine rings is 1. The van der Waals surface area contributed by atoms with E-state index in [2.05, 4.69) is 69.7 Å². The lowest BCUT2D eigenvalue weighted by atomic mass is 10.0. The van der Waals surface area contributed by atoms with Gasteiger partial charge in [-0.15, -0.1) is 24.0 Å². The van der Waals surface area contributed by atoms with Crippen LogP contribution in [0.1, 0.15) is 31.4 Å². The fourth-order valence-electron chi connectivity index (χ4n) is 3.65. The molecule has 2 N–H and O–H groups in total. The molecule has 0 spiro atoms. The number of halogens is 1. The van der Waals surface area contributed by atoms with Crippen LogP contribution in [0.2, 0.25) is 0 Å². The molecule has 1 unspecified atom stereocenters. The Morgan fingerprint density at radius 2 is 1.90 bits per heavy atom. The molecule has 1 heterocycles. The number of hydrogen-bond acceptors (Lipinski definition) is 5. The van der Waals surface area contributed by atoms with E-state index >= 15 is 0 Å². The van der Waals surface area contributed by atoms with Gasteiger partial charge in [-0.3, -0.25) is 9.89 Å². The fraction of sp³-hybridized carbons (Fsp3) is 0.696. The first kappa shape index (κ1) is 28.1. The summed E-state index contributed by atoms with van der Waals surface area (Å²) in [6.45, 7) is 11.1. The predicted molar refractivity (Wildman–Crippen MR) is 140 cm³/mol. The van der Waals surface area contributed by atoms with Gasteiger partial charge in [0.2, 0.25) is 0 Å². The molecule has 7 nitrogen and oxygen atoms in total. The average molecular weight is 548 g/mol. The van der Waals surface area contributed by atoms with Crippen LogP contribution in [0, 0.1) is 0 Å². The number of hydrogen-bond donors (Lipinski definition) is 2. The summed E-state index contributed by atoms with van der Waals surface area (Å²) in [6.07, 6.45) is 2.01. The van der Waals surface area contributed by atoms with Crippen LogP contribution in [-0.2, 0) is 9.47 Å². The second-order valence-electron chi connectivity index (χ2n) is 7.72. The summed E-state index contributed by atoms with van der Waals surface area (Å²) >= 11 is 0. The van der Waals surface area contributed by atoms with Crippen molar-refractivity contribution in [3.05, 3.63) is 35.9 Å². The predicted octanol–water partition coefficient (Wildman–Crippen LogP) is 2.59. The Bertz CT molecular complexity index is 591. The second kappa shape index (κ2) is 17.6. The average Bonchev–Trinajstić information content (AvgIpc) is 2.77. The molecule has 31 heavy (non-hydrogen) atoms. The van der Waals surface area contributed by atoms with Gasteiger partial charge >= 0.3 is 0 Å². The van der Waals surface area contributed by atoms with E-state index < -0.39 is 0 Å². The first-order valence-electron chi connectivity index (χ1n) is 11.3. The van der Waals surface area contributed by atoms with Crippen LogP contribution in [0.25, 0.3) is 0 Å². The first-order chi connectivity index (χ1) is 14.7. The fourth-order valence-corrected chi connectivity index (χ4v) is 3.65. The lowest BCUT2D eigenvalue weighted by Gasteiger charge is -2.40. The number of likely N-dealkylation sites (N-methyl/N-ethyl adjacent to an activating group) is 1. The highest BCUT2D eigenvalue weighted by Gasteiger charge is 2.25. The molecule has 1 aliphatic heterocycles. The third kappa shape index (κ3) is 11.5. The Hall–Kier alpha value is -0.940. The van der Waals surface area contributed by atoms with E-state index in [4.69, 9.17) is 9.47 Å². The van der Waals surface area contributed by atoms with Gasteiger partial charge in [-0.25, -0.2) is 0 Å². The minimum absolute atomic E-state index is 0. The monoisotopic (exact) mass is 547 g/mol. The van der Waals surface area contributed by atoms with Crippen LogP contribution in [0.15, 0.2) is 35.3 Å². The number of rotatable bonds is 13. The third-order valence-electron chi connectivity index (χ3n) is 5.29. The smallest absolute Gasteiger partial charge is 0.191 e. The summed E-state index contributed by atoms with van der Waals surface area (Å²) in [5.74, 6) is 0.896. The highest BCUT2D eigenvalue weighted by Crippen LogP contribution is 2.24. The summed E-state index contributed by atoms with van der Waals surface area (Å²) in [4.78, 5) is 9.71. The summed E-state index contributed by atoms with van der Waals surface area (Å²) in [6, 6.07) is 11.4. The van der Waals surface area contributed by atoms with Crippen molar-refractivity contribution >= 4 is 29.9 Å². The zero-order valence-electron chi connectivity index (χ0n) is 19.5. The third-order valence-corrected chi connectivity index (χ3v) is 5.29. The number of nitrogens with one attached hydrogen (secondary N) is 2. The van der Waals surface area contributed by atoms with Crippen LogP contribution < -0.4 is 10.6 Å². The first-order valence-corrected chi connectivity index (χ1v) is 11.3. The van der Waals surface area contributed by atoms with Crippen molar-refractivity contribution in [2.45, 2.75) is 25.8 Å². The van der Waals surface area contributed by atoms with Crippen molar-refractivity contribution in [1.82, 2.24) is 20.4 Å². The molecule has 0 saturated carbocycles. The zero-order chi connectivity index (χ0) is 21.4. The molecule has 0 amide bonds. The molecule has 178 valence electrons. The van der Waals surface area contributed by atoms with Crippen LogP contribution in [0.4, 0.5) is 0 Å². The zero-order valence-corrected chi connectivity index (χ0v) is 21.8. The standard InChI is InChI=1S/C23H41N5O2.HI/c1-4-24-23(26-13-9-17-30-19-18-29-3)25-12-8-14-28-16-15-27(2)20-22(28)21-10-6-5-7-11-21;/h5-7,10-11,22H,4,8-9,12-20H2,1-3H3,(H2,24,25,26);1H. The van der Waals surface area contributed by atoms with Gasteiger partial charge in [-0.1, -0.05) is 30.3 Å². The maximum atomic E-state index is 5.49. The Kier molecular flexibility index (Phi) is 15.9. The number of aliphatic imine (C=N–C) groups is 1. The van der Waals surface area contributed by atoms with Gasteiger partial charge in [-0.05, 0) is 32.4 Å². The number of ether oxygens (including phenoxy) is 2. The molecule has 1 fully saturated rings. The maximum absolute atomic E-state index is 5.49. The van der Waals surface area contributed by atoms with Gasteiger partial charge in [0.05, 0.1) is 13.2 Å². The Morgan fingerprint density at radius 1 is 1.10 bits per heavy atom. The summed E-state index contributed by atoms with van der Waals surface area (Å²) < 4.78 is 10.5. The van der Waals surface area contributed by atoms with Crippen molar-refractivity contribution in [2.24, 2.45) is 4.99 Å². The van der Waals surface area contributed by atoms with Gasteiger partial charge in [0.25, 0.3) is 0 Å². The van der Waals surface area contributed by atoms with Gasteiger partial charge < -0.3 is 25.0 Å². The van der Waals surface area contributed by atoms with E-state index in [0.29, 0.717) is 19.3 Å². The Morgan fingerprint density at radius 3 is 2.65 bits per heavy atom. The molecule has 1 aliphatic rings. The van der Waals surface area contributed by atoms with Gasteiger partial charge in [0.1, 0.15) is 0 Å². The number of methoxy groups -OCH3 is 1. The van der Waals surface area contributed by atoms with E-state index in [1.54, 1.807) is 7.11 Å². The van der Waals surface area contributed by atoms with Crippen molar-refractivity contribution in [3.63, 3.8) is 0 Å². The van der Waals surface area contributed by atoms with E-state index in [1.165, 1.54) is 5.56 Å². The van der Waals surface area contributed by atoms with E-state index in [9.17, 15) is 0 Å². The Labute approximate surface area is 206 Å². The molecule has 2 rings (SSSR count). The summed E-state index contributed by atoms with van der Waals surface area (Å²) in [7, 11) is 3.91. The van der Waals surface area contributed by atoms with Gasteiger partial charge in [0.15, 0.2) is 5.96 Å². The van der Waals surface area contributed by atoms with E-state index in [0.717, 1.165) is 71.2 Å². The molecule has 0 radical (unpaired) electrons. The molecular formula is C23H42IN5O2. The van der Waals surface area contributed by atoms with Crippen LogP contribution >= 0.6 is 24.0 Å². The number of nitrogens with zero attached hydrogens (tertiary/aromatic N) is 3. The van der Waals surface area contributed by atoms with E-state index in [1.807, 2.05) is 0 Å².